The van der Waals surface area contributed by atoms with Gasteiger partial charge in [-0.15, -0.1) is 11.3 Å². The van der Waals surface area contributed by atoms with Crippen LogP contribution in [0, 0.1) is 10.1 Å². The van der Waals surface area contributed by atoms with Gasteiger partial charge in [0.25, 0.3) is 5.96 Å². The van der Waals surface area contributed by atoms with Crippen molar-refractivity contribution < 1.29 is 14.6 Å². The number of nitrogens with zero attached hydrogens (tertiary/aromatic N) is 5. The number of hydrazone groups is 1. The molecule has 0 saturated carbocycles. The van der Waals surface area contributed by atoms with E-state index in [1.165, 1.54) is 29.5 Å². The van der Waals surface area contributed by atoms with E-state index >= 15 is 0 Å². The number of guanidine groups is 1. The molecular formula is C11H15ClN6O4S. The highest BCUT2D eigenvalue weighted by Crippen LogP contribution is 2.20. The van der Waals surface area contributed by atoms with E-state index in [-0.39, 0.29) is 12.5 Å². The van der Waals surface area contributed by atoms with E-state index in [0.717, 1.165) is 0 Å². The number of amides is 2. The number of aromatic nitrogens is 1. The highest BCUT2D eigenvalue weighted by molar-refractivity contribution is 7.15. The molecule has 0 aromatic carbocycles. The smallest absolute Gasteiger partial charge is 0.327 e. The number of ether oxygens (including phenoxy) is 1. The van der Waals surface area contributed by atoms with Gasteiger partial charge >= 0.3 is 6.03 Å². The van der Waals surface area contributed by atoms with E-state index in [1.807, 2.05) is 0 Å². The lowest BCUT2D eigenvalue weighted by atomic mass is 10.4. The molecule has 10 nitrogen and oxygen atoms in total. The first kappa shape index (κ1) is 17.4. The SMILES string of the molecule is CN/C(=N\[N+](=O)[O-])N(Cc1cnc(Cl)s1)C(=O)N1CCOCC1. The van der Waals surface area contributed by atoms with Crippen LogP contribution in [0.4, 0.5) is 4.79 Å². The Labute approximate surface area is 140 Å². The number of nitro groups is 1. The molecule has 0 radical (unpaired) electrons. The molecule has 2 rings (SSSR count). The van der Waals surface area contributed by atoms with Gasteiger partial charge in [0.15, 0.2) is 9.50 Å². The van der Waals surface area contributed by atoms with Crippen molar-refractivity contribution in [2.45, 2.75) is 6.54 Å². The van der Waals surface area contributed by atoms with Crippen molar-refractivity contribution in [3.05, 3.63) is 25.7 Å². The molecule has 126 valence electrons. The van der Waals surface area contributed by atoms with Crippen LogP contribution in [0.15, 0.2) is 11.3 Å². The minimum absolute atomic E-state index is 0.0775. The van der Waals surface area contributed by atoms with Gasteiger partial charge in [-0.3, -0.25) is 4.90 Å². The van der Waals surface area contributed by atoms with Crippen molar-refractivity contribution in [1.82, 2.24) is 20.1 Å². The first-order valence-corrected chi connectivity index (χ1v) is 7.86. The van der Waals surface area contributed by atoms with Gasteiger partial charge in [0.2, 0.25) is 0 Å². The zero-order chi connectivity index (χ0) is 16.8. The van der Waals surface area contributed by atoms with Gasteiger partial charge in [-0.05, 0) is 0 Å². The third-order valence-electron chi connectivity index (χ3n) is 3.01. The Morgan fingerprint density at radius 1 is 1.65 bits per heavy atom. The fourth-order valence-electron chi connectivity index (χ4n) is 1.99. The molecule has 1 fully saturated rings. The Bertz CT molecular complexity index is 603. The van der Waals surface area contributed by atoms with E-state index < -0.39 is 11.1 Å². The average Bonchev–Trinajstić information content (AvgIpc) is 2.96. The zero-order valence-electron chi connectivity index (χ0n) is 12.3. The van der Waals surface area contributed by atoms with Crippen molar-refractivity contribution in [2.75, 3.05) is 33.4 Å². The molecule has 0 unspecified atom stereocenters. The maximum absolute atomic E-state index is 12.7. The summed E-state index contributed by atoms with van der Waals surface area (Å²) in [5.74, 6) is -0.156. The monoisotopic (exact) mass is 362 g/mol. The first-order valence-electron chi connectivity index (χ1n) is 6.66. The number of urea groups is 1. The molecule has 23 heavy (non-hydrogen) atoms. The second-order valence-electron chi connectivity index (χ2n) is 4.46. The van der Waals surface area contributed by atoms with Gasteiger partial charge in [0.1, 0.15) is 5.10 Å². The van der Waals surface area contributed by atoms with Crippen LogP contribution in [0.3, 0.4) is 0 Å². The van der Waals surface area contributed by atoms with Crippen molar-refractivity contribution >= 4 is 34.9 Å². The number of nitrogens with one attached hydrogen (secondary N) is 1. The summed E-state index contributed by atoms with van der Waals surface area (Å²) in [6.45, 7) is 1.75. The van der Waals surface area contributed by atoms with Crippen LogP contribution >= 0.6 is 22.9 Å². The van der Waals surface area contributed by atoms with Crippen LogP contribution in [0.1, 0.15) is 4.88 Å². The number of morpholine rings is 1. The normalized spacial score (nSPS) is 15.4. The maximum Gasteiger partial charge on any atom is 0.327 e. The number of carbonyl (C=O) groups is 1. The van der Waals surface area contributed by atoms with E-state index in [2.05, 4.69) is 15.4 Å². The molecule has 1 aromatic rings. The Hall–Kier alpha value is -1.98. The van der Waals surface area contributed by atoms with E-state index in [4.69, 9.17) is 16.3 Å². The van der Waals surface area contributed by atoms with Gasteiger partial charge in [0.05, 0.1) is 19.8 Å². The predicted molar refractivity (Wildman–Crippen MR) is 83.9 cm³/mol. The molecule has 1 aromatic heterocycles. The maximum atomic E-state index is 12.7. The van der Waals surface area contributed by atoms with Gasteiger partial charge in [-0.1, -0.05) is 11.6 Å². The summed E-state index contributed by atoms with van der Waals surface area (Å²) in [5.41, 5.74) is 0. The number of carbonyl (C=O) groups excluding carboxylic acids is 1. The minimum Gasteiger partial charge on any atom is -0.378 e. The van der Waals surface area contributed by atoms with Crippen LogP contribution < -0.4 is 5.32 Å². The van der Waals surface area contributed by atoms with Crippen LogP contribution in [0.2, 0.25) is 4.47 Å². The molecule has 2 heterocycles. The first-order chi connectivity index (χ1) is 11.0. The number of hydrogen-bond acceptors (Lipinski definition) is 6. The lowest BCUT2D eigenvalue weighted by Gasteiger charge is -2.32. The van der Waals surface area contributed by atoms with E-state index in [0.29, 0.717) is 35.6 Å². The molecule has 12 heteroatoms. The van der Waals surface area contributed by atoms with Gasteiger partial charge in [-0.2, -0.15) is 0 Å². The minimum atomic E-state index is -0.856. The van der Waals surface area contributed by atoms with Crippen molar-refractivity contribution in [3.8, 4) is 0 Å². The highest BCUT2D eigenvalue weighted by atomic mass is 35.5. The molecule has 0 atom stereocenters. The zero-order valence-corrected chi connectivity index (χ0v) is 13.8. The van der Waals surface area contributed by atoms with Gasteiger partial charge in [0, 0.05) is 31.2 Å². The summed E-state index contributed by atoms with van der Waals surface area (Å²) >= 11 is 6.98. The molecule has 0 spiro atoms. The molecule has 2 amide bonds. The molecule has 0 aliphatic carbocycles. The number of hydrogen-bond donors (Lipinski definition) is 1. The average molecular weight is 363 g/mol. The highest BCUT2D eigenvalue weighted by Gasteiger charge is 2.28. The Balaban J connectivity index is 2.25. The summed E-state index contributed by atoms with van der Waals surface area (Å²) in [7, 11) is 1.46. The van der Waals surface area contributed by atoms with E-state index in [9.17, 15) is 14.9 Å². The van der Waals surface area contributed by atoms with Crippen LogP contribution in [-0.2, 0) is 11.3 Å². The molecule has 1 saturated heterocycles. The summed E-state index contributed by atoms with van der Waals surface area (Å²) in [5, 5.41) is 15.7. The van der Waals surface area contributed by atoms with Crippen LogP contribution in [0.25, 0.3) is 0 Å². The third-order valence-corrected chi connectivity index (χ3v) is 4.11. The fourth-order valence-corrected chi connectivity index (χ4v) is 2.95. The van der Waals surface area contributed by atoms with Crippen LogP contribution in [0.5, 0.6) is 0 Å². The van der Waals surface area contributed by atoms with Gasteiger partial charge in [-0.25, -0.2) is 19.9 Å². The van der Waals surface area contributed by atoms with Crippen LogP contribution in [-0.4, -0.2) is 65.2 Å². The van der Waals surface area contributed by atoms with Gasteiger partial charge < -0.3 is 15.0 Å². The molecule has 1 N–H and O–H groups in total. The van der Waals surface area contributed by atoms with Crippen molar-refractivity contribution in [3.63, 3.8) is 0 Å². The predicted octanol–water partition coefficient (Wildman–Crippen LogP) is 0.818. The molecular weight excluding hydrogens is 348 g/mol. The Morgan fingerprint density at radius 3 is 2.87 bits per heavy atom. The van der Waals surface area contributed by atoms with Crippen molar-refractivity contribution in [1.29, 1.82) is 0 Å². The lowest BCUT2D eigenvalue weighted by Crippen LogP contribution is -2.52. The quantitative estimate of drug-likeness (QED) is 0.368. The molecule has 1 aliphatic heterocycles. The summed E-state index contributed by atoms with van der Waals surface area (Å²) < 4.78 is 5.54. The van der Waals surface area contributed by atoms with E-state index in [1.54, 1.807) is 4.90 Å². The number of halogens is 1. The topological polar surface area (TPSA) is 113 Å². The molecule has 1 aliphatic rings. The summed E-state index contributed by atoms with van der Waals surface area (Å²) in [4.78, 5) is 30.7. The Kier molecular flexibility index (Phi) is 6.07. The van der Waals surface area contributed by atoms with Crippen molar-refractivity contribution in [2.24, 2.45) is 5.10 Å². The number of thiazole rings is 1. The fraction of sp³-hybridized carbons (Fsp3) is 0.545. The largest absolute Gasteiger partial charge is 0.378 e. The molecule has 0 bridgehead atoms. The summed E-state index contributed by atoms with van der Waals surface area (Å²) in [6.07, 6.45) is 1.52. The third kappa shape index (κ3) is 4.74. The summed E-state index contributed by atoms with van der Waals surface area (Å²) in [6, 6.07) is -0.396. The second-order valence-corrected chi connectivity index (χ2v) is 6.16. The second kappa shape index (κ2) is 8.04. The number of rotatable bonds is 3. The Morgan fingerprint density at radius 2 is 2.35 bits per heavy atom. The lowest BCUT2D eigenvalue weighted by molar-refractivity contribution is -0.485. The standard InChI is InChI=1S/C11H15ClN6O4S/c1-13-10(15-18(20)21)17(7-8-6-14-9(12)23-8)11(19)16-2-4-22-5-3-16/h6H,2-5,7H2,1H3,(H,13,15).